The molecule has 26 heavy (non-hydrogen) atoms. The monoisotopic (exact) mass is 354 g/mol. The highest BCUT2D eigenvalue weighted by atomic mass is 19.1. The molecule has 134 valence electrons. The van der Waals surface area contributed by atoms with E-state index in [1.807, 2.05) is 31.2 Å². The van der Waals surface area contributed by atoms with Crippen LogP contribution in [0.25, 0.3) is 0 Å². The number of carbonyl (C=O) groups excluding carboxylic acids is 3. The van der Waals surface area contributed by atoms with Gasteiger partial charge in [-0.2, -0.15) is 0 Å². The van der Waals surface area contributed by atoms with Gasteiger partial charge in [-0.1, -0.05) is 29.8 Å². The Hall–Kier alpha value is -3.02. The summed E-state index contributed by atoms with van der Waals surface area (Å²) in [6.07, 6.45) is -0.0817. The number of rotatable bonds is 4. The Kier molecular flexibility index (Phi) is 4.84. The molecule has 0 radical (unpaired) electrons. The minimum Gasteiger partial charge on any atom is -0.326 e. The molecule has 0 spiro atoms. The average Bonchev–Trinajstić information content (AvgIpc) is 2.89. The second-order valence-electron chi connectivity index (χ2n) is 6.40. The van der Waals surface area contributed by atoms with Gasteiger partial charge in [-0.3, -0.25) is 14.4 Å². The van der Waals surface area contributed by atoms with E-state index in [1.54, 1.807) is 0 Å². The fraction of sp³-hybridized carbons (Fsp3) is 0.250. The van der Waals surface area contributed by atoms with Crippen LogP contribution < -0.4 is 4.90 Å². The lowest BCUT2D eigenvalue weighted by molar-refractivity contribution is -0.137. The number of aryl methyl sites for hydroxylation is 1. The normalized spacial score (nSPS) is 16.9. The van der Waals surface area contributed by atoms with Crippen LogP contribution in [0, 0.1) is 12.7 Å². The average molecular weight is 354 g/mol. The Morgan fingerprint density at radius 2 is 1.73 bits per heavy atom. The number of hydrogen-bond donors (Lipinski definition) is 0. The molecule has 1 heterocycles. The third-order valence-corrected chi connectivity index (χ3v) is 4.46. The molecule has 1 atom stereocenters. The molecule has 1 aliphatic heterocycles. The van der Waals surface area contributed by atoms with Crippen LogP contribution in [0.4, 0.5) is 10.1 Å². The summed E-state index contributed by atoms with van der Waals surface area (Å²) in [6, 6.07) is 11.9. The lowest BCUT2D eigenvalue weighted by Gasteiger charge is -2.26. The van der Waals surface area contributed by atoms with Crippen molar-refractivity contribution in [3.05, 3.63) is 65.5 Å². The number of halogens is 1. The Labute approximate surface area is 151 Å². The molecule has 2 aromatic carbocycles. The second-order valence-corrected chi connectivity index (χ2v) is 6.40. The first-order chi connectivity index (χ1) is 12.4. The van der Waals surface area contributed by atoms with Gasteiger partial charge in [0.25, 0.3) is 5.91 Å². The van der Waals surface area contributed by atoms with E-state index in [-0.39, 0.29) is 18.9 Å². The third kappa shape index (κ3) is 3.49. The zero-order valence-electron chi connectivity index (χ0n) is 14.6. The molecule has 0 N–H and O–H groups in total. The smallest absolute Gasteiger partial charge is 0.257 e. The number of carbonyl (C=O) groups is 3. The summed E-state index contributed by atoms with van der Waals surface area (Å²) in [5.41, 5.74) is 2.28. The van der Waals surface area contributed by atoms with Crippen molar-refractivity contribution in [1.29, 1.82) is 0 Å². The number of imide groups is 1. The molecule has 5 nitrogen and oxygen atoms in total. The summed E-state index contributed by atoms with van der Waals surface area (Å²) in [5.74, 6) is -1.60. The standard InChI is InChI=1S/C20H19FN2O3/c1-13-3-5-15(6-4-13)12-22(14(2)24)18-11-19(25)23(20(18)26)17-9-7-16(21)8-10-17/h3-10,18H,11-12H2,1-2H3. The predicted molar refractivity (Wildman–Crippen MR) is 94.7 cm³/mol. The van der Waals surface area contributed by atoms with E-state index in [4.69, 9.17) is 0 Å². The lowest BCUT2D eigenvalue weighted by atomic mass is 10.1. The molecule has 0 aromatic heterocycles. The van der Waals surface area contributed by atoms with Crippen molar-refractivity contribution < 1.29 is 18.8 Å². The third-order valence-electron chi connectivity index (χ3n) is 4.46. The van der Waals surface area contributed by atoms with Crippen molar-refractivity contribution in [2.75, 3.05) is 4.90 Å². The summed E-state index contributed by atoms with van der Waals surface area (Å²) in [4.78, 5) is 39.8. The van der Waals surface area contributed by atoms with Crippen molar-refractivity contribution in [2.24, 2.45) is 0 Å². The van der Waals surface area contributed by atoms with Gasteiger partial charge in [0, 0.05) is 13.5 Å². The molecule has 1 aliphatic rings. The van der Waals surface area contributed by atoms with E-state index in [1.165, 1.54) is 36.1 Å². The van der Waals surface area contributed by atoms with E-state index >= 15 is 0 Å². The number of anilines is 1. The van der Waals surface area contributed by atoms with Gasteiger partial charge < -0.3 is 4.90 Å². The molecule has 1 unspecified atom stereocenters. The highest BCUT2D eigenvalue weighted by Crippen LogP contribution is 2.27. The summed E-state index contributed by atoms with van der Waals surface area (Å²) in [5, 5.41) is 0. The molecule has 0 bridgehead atoms. The maximum absolute atomic E-state index is 13.1. The highest BCUT2D eigenvalue weighted by Gasteiger charge is 2.43. The SMILES string of the molecule is CC(=O)N(Cc1ccc(C)cc1)C1CC(=O)N(c2ccc(F)cc2)C1=O. The fourth-order valence-electron chi connectivity index (χ4n) is 3.05. The highest BCUT2D eigenvalue weighted by molar-refractivity contribution is 6.22. The van der Waals surface area contributed by atoms with E-state index in [0.717, 1.165) is 16.0 Å². The van der Waals surface area contributed by atoms with Crippen LogP contribution in [-0.2, 0) is 20.9 Å². The number of benzene rings is 2. The van der Waals surface area contributed by atoms with Gasteiger partial charge >= 0.3 is 0 Å². The van der Waals surface area contributed by atoms with Crippen molar-refractivity contribution in [1.82, 2.24) is 4.90 Å². The van der Waals surface area contributed by atoms with Crippen LogP contribution in [0.3, 0.4) is 0 Å². The molecule has 0 aliphatic carbocycles. The van der Waals surface area contributed by atoms with Gasteiger partial charge in [0.2, 0.25) is 11.8 Å². The maximum Gasteiger partial charge on any atom is 0.257 e. The largest absolute Gasteiger partial charge is 0.326 e. The molecule has 1 saturated heterocycles. The maximum atomic E-state index is 13.1. The van der Waals surface area contributed by atoms with Crippen molar-refractivity contribution in [3.8, 4) is 0 Å². The van der Waals surface area contributed by atoms with Gasteiger partial charge in [0.15, 0.2) is 0 Å². The zero-order chi connectivity index (χ0) is 18.8. The van der Waals surface area contributed by atoms with Crippen LogP contribution in [0.5, 0.6) is 0 Å². The van der Waals surface area contributed by atoms with Gasteiger partial charge in [0.05, 0.1) is 12.1 Å². The van der Waals surface area contributed by atoms with Crippen LogP contribution in [0.1, 0.15) is 24.5 Å². The molecule has 0 saturated carbocycles. The first-order valence-corrected chi connectivity index (χ1v) is 8.32. The first-order valence-electron chi connectivity index (χ1n) is 8.32. The van der Waals surface area contributed by atoms with Crippen LogP contribution in [0.2, 0.25) is 0 Å². The minimum atomic E-state index is -0.855. The summed E-state index contributed by atoms with van der Waals surface area (Å²) >= 11 is 0. The number of nitrogens with zero attached hydrogens (tertiary/aromatic N) is 2. The van der Waals surface area contributed by atoms with Crippen molar-refractivity contribution in [2.45, 2.75) is 32.9 Å². The minimum absolute atomic E-state index is 0.0817. The topological polar surface area (TPSA) is 57.7 Å². The molecular weight excluding hydrogens is 335 g/mol. The zero-order valence-corrected chi connectivity index (χ0v) is 14.6. The van der Waals surface area contributed by atoms with E-state index in [9.17, 15) is 18.8 Å². The summed E-state index contributed by atoms with van der Waals surface area (Å²) < 4.78 is 13.1. The second kappa shape index (κ2) is 7.07. The summed E-state index contributed by atoms with van der Waals surface area (Å²) in [7, 11) is 0. The van der Waals surface area contributed by atoms with Crippen LogP contribution in [-0.4, -0.2) is 28.7 Å². The predicted octanol–water partition coefficient (Wildman–Crippen LogP) is 2.81. The molecule has 3 amide bonds. The van der Waals surface area contributed by atoms with E-state index in [2.05, 4.69) is 0 Å². The summed E-state index contributed by atoms with van der Waals surface area (Å²) in [6.45, 7) is 3.59. The lowest BCUT2D eigenvalue weighted by Crippen LogP contribution is -2.44. The van der Waals surface area contributed by atoms with Crippen LogP contribution >= 0.6 is 0 Å². The fourth-order valence-corrected chi connectivity index (χ4v) is 3.05. The Morgan fingerprint density at radius 1 is 1.12 bits per heavy atom. The van der Waals surface area contributed by atoms with Crippen molar-refractivity contribution >= 4 is 23.4 Å². The molecule has 3 rings (SSSR count). The number of amides is 3. The van der Waals surface area contributed by atoms with E-state index < -0.39 is 23.7 Å². The molecule has 6 heteroatoms. The van der Waals surface area contributed by atoms with Gasteiger partial charge in [-0.05, 0) is 36.8 Å². The first kappa shape index (κ1) is 17.8. The van der Waals surface area contributed by atoms with Gasteiger partial charge in [-0.25, -0.2) is 9.29 Å². The molecule has 2 aromatic rings. The Balaban J connectivity index is 1.85. The number of hydrogen-bond acceptors (Lipinski definition) is 3. The molecule has 1 fully saturated rings. The van der Waals surface area contributed by atoms with Gasteiger partial charge in [-0.15, -0.1) is 0 Å². The van der Waals surface area contributed by atoms with Gasteiger partial charge in [0.1, 0.15) is 11.9 Å². The van der Waals surface area contributed by atoms with Crippen molar-refractivity contribution in [3.63, 3.8) is 0 Å². The Bertz CT molecular complexity index is 846. The molecular formula is C20H19FN2O3. The quantitative estimate of drug-likeness (QED) is 0.794. The van der Waals surface area contributed by atoms with Crippen LogP contribution in [0.15, 0.2) is 48.5 Å². The van der Waals surface area contributed by atoms with E-state index in [0.29, 0.717) is 5.69 Å². The Morgan fingerprint density at radius 3 is 2.31 bits per heavy atom.